The average molecular weight is 383 g/mol. The van der Waals surface area contributed by atoms with Crippen molar-refractivity contribution in [3.8, 4) is 0 Å². The Bertz CT molecular complexity index is 707. The van der Waals surface area contributed by atoms with Crippen molar-refractivity contribution in [2.24, 2.45) is 5.10 Å². The Labute approximate surface area is 161 Å². The molecule has 2 aromatic carbocycles. The van der Waals surface area contributed by atoms with Crippen LogP contribution in [0.3, 0.4) is 0 Å². The molecule has 138 valence electrons. The van der Waals surface area contributed by atoms with Crippen molar-refractivity contribution >= 4 is 29.4 Å². The summed E-state index contributed by atoms with van der Waals surface area (Å²) >= 11 is 0. The van der Waals surface area contributed by atoms with Gasteiger partial charge >= 0.3 is 0 Å². The van der Waals surface area contributed by atoms with Gasteiger partial charge in [-0.1, -0.05) is 86.9 Å². The van der Waals surface area contributed by atoms with Gasteiger partial charge in [-0.2, -0.15) is 5.10 Å². The number of ketones is 1. The monoisotopic (exact) mass is 382 g/mol. The summed E-state index contributed by atoms with van der Waals surface area (Å²) in [5.41, 5.74) is 3.10. The lowest BCUT2D eigenvalue weighted by Gasteiger charge is -2.28. The second kappa shape index (κ2) is 10.2. The third kappa shape index (κ3) is 6.07. The van der Waals surface area contributed by atoms with Crippen LogP contribution in [0.4, 0.5) is 0 Å². The van der Waals surface area contributed by atoms with E-state index < -0.39 is 17.9 Å². The van der Waals surface area contributed by atoms with Gasteiger partial charge in [0.15, 0.2) is 5.78 Å². The van der Waals surface area contributed by atoms with E-state index in [0.29, 0.717) is 6.42 Å². The molecule has 26 heavy (non-hydrogen) atoms. The number of hydrogen-bond acceptors (Lipinski definition) is 3. The zero-order valence-corrected chi connectivity index (χ0v) is 18.7. The van der Waals surface area contributed by atoms with Gasteiger partial charge in [0, 0.05) is 12.0 Å². The molecule has 0 unspecified atom stereocenters. The fourth-order valence-corrected chi connectivity index (χ4v) is 8.54. The summed E-state index contributed by atoms with van der Waals surface area (Å²) in [5.74, 6) is 0.214. The van der Waals surface area contributed by atoms with Crippen molar-refractivity contribution in [2.45, 2.75) is 45.5 Å². The van der Waals surface area contributed by atoms with Gasteiger partial charge in [-0.25, -0.2) is 0 Å². The highest BCUT2D eigenvalue weighted by Crippen LogP contribution is 2.14. The van der Waals surface area contributed by atoms with Crippen LogP contribution in [0.15, 0.2) is 65.8 Å². The third-order valence-electron chi connectivity index (χ3n) is 4.31. The van der Waals surface area contributed by atoms with Gasteiger partial charge in [-0.3, -0.25) is 4.79 Å². The van der Waals surface area contributed by atoms with E-state index in [-0.39, 0.29) is 5.78 Å². The lowest BCUT2D eigenvalue weighted by molar-refractivity contribution is 0.0981. The van der Waals surface area contributed by atoms with Gasteiger partial charge < -0.3 is 4.34 Å². The first-order chi connectivity index (χ1) is 12.5. The van der Waals surface area contributed by atoms with Crippen LogP contribution in [0, 0.1) is 0 Å². The van der Waals surface area contributed by atoms with E-state index in [1.54, 1.807) is 0 Å². The van der Waals surface area contributed by atoms with E-state index >= 15 is 0 Å². The van der Waals surface area contributed by atoms with Gasteiger partial charge in [0.05, 0.1) is 5.71 Å². The molecule has 0 amide bonds. The minimum Gasteiger partial charge on any atom is -0.355 e. The molecule has 0 aliphatic carbocycles. The number of nitrogens with zero attached hydrogens (tertiary/aromatic N) is 2. The maximum Gasteiger partial charge on any atom is 0.162 e. The number of rotatable bonds is 9. The molecule has 2 aromatic rings. The summed E-state index contributed by atoms with van der Waals surface area (Å²) in [4.78, 5) is 12.4. The molecule has 0 radical (unpaired) electrons. The first kappa shape index (κ1) is 20.3. The predicted molar refractivity (Wildman–Crippen MR) is 117 cm³/mol. The van der Waals surface area contributed by atoms with Crippen LogP contribution in [0.5, 0.6) is 0 Å². The highest BCUT2D eigenvalue weighted by atomic mass is 28.3. The molecule has 0 bridgehead atoms. The van der Waals surface area contributed by atoms with E-state index in [4.69, 9.17) is 5.10 Å². The lowest BCUT2D eigenvalue weighted by atomic mass is 10.0. The number of carbonyl (C=O) groups is 1. The van der Waals surface area contributed by atoms with Crippen molar-refractivity contribution in [2.75, 3.05) is 0 Å². The number of carbonyl (C=O) groups excluding carboxylic acids is 1. The predicted octanol–water partition coefficient (Wildman–Crippen LogP) is 4.71. The first-order valence-electron chi connectivity index (χ1n) is 9.48. The molecule has 2 rings (SSSR count). The molecule has 0 atom stereocenters. The van der Waals surface area contributed by atoms with Crippen LogP contribution in [-0.4, -0.2) is 33.8 Å². The van der Waals surface area contributed by atoms with E-state index in [1.165, 1.54) is 5.56 Å². The molecule has 0 spiro atoms. The van der Waals surface area contributed by atoms with Gasteiger partial charge in [0.2, 0.25) is 0 Å². The van der Waals surface area contributed by atoms with E-state index in [0.717, 1.165) is 24.1 Å². The quantitative estimate of drug-likeness (QED) is 0.272. The van der Waals surface area contributed by atoms with Crippen molar-refractivity contribution < 1.29 is 4.79 Å². The Morgan fingerprint density at radius 3 is 1.81 bits per heavy atom. The van der Waals surface area contributed by atoms with Crippen molar-refractivity contribution in [1.29, 1.82) is 0 Å². The van der Waals surface area contributed by atoms with Gasteiger partial charge in [-0.15, -0.1) is 0 Å². The fourth-order valence-electron chi connectivity index (χ4n) is 3.03. The Hall–Kier alpha value is -1.99. The molecular formula is C21H30N2OSi2. The first-order valence-corrected chi connectivity index (χ1v) is 15.1. The van der Waals surface area contributed by atoms with Gasteiger partial charge in [0.1, 0.15) is 17.9 Å². The molecule has 3 nitrogen and oxygen atoms in total. The van der Waals surface area contributed by atoms with Crippen molar-refractivity contribution in [3.63, 3.8) is 0 Å². The Morgan fingerprint density at radius 2 is 1.31 bits per heavy atom. The number of hydrazone groups is 1. The van der Waals surface area contributed by atoms with Crippen LogP contribution in [0.2, 0.25) is 26.2 Å². The largest absolute Gasteiger partial charge is 0.355 e. The zero-order chi connectivity index (χ0) is 18.9. The molecule has 0 aliphatic heterocycles. The fraction of sp³-hybridized carbons (Fsp3) is 0.333. The summed E-state index contributed by atoms with van der Waals surface area (Å²) in [6, 6.07) is 20.0. The summed E-state index contributed by atoms with van der Waals surface area (Å²) in [6.07, 6.45) is 2.23. The van der Waals surface area contributed by atoms with Crippen LogP contribution >= 0.6 is 0 Å². The average Bonchev–Trinajstić information content (AvgIpc) is 2.65. The topological polar surface area (TPSA) is 32.7 Å². The number of benzene rings is 2. The molecular weight excluding hydrogens is 352 g/mol. The highest BCUT2D eigenvalue weighted by Gasteiger charge is 2.15. The zero-order valence-electron chi connectivity index (χ0n) is 16.4. The van der Waals surface area contributed by atoms with Crippen molar-refractivity contribution in [3.05, 3.63) is 71.8 Å². The summed E-state index contributed by atoms with van der Waals surface area (Å²) in [7, 11) is -1.97. The standard InChI is InChI=1S/C21H30N2OSi2/c1-25(2)23(26(3)4)22-20(18-12-7-5-8-13-18)16-11-17-21(24)19-14-9-6-10-15-19/h5-10,12-15,25-26H,11,16-17H2,1-4H3. The maximum absolute atomic E-state index is 12.4. The smallest absolute Gasteiger partial charge is 0.162 e. The summed E-state index contributed by atoms with van der Waals surface area (Å²) in [5, 5.41) is 5.08. The van der Waals surface area contributed by atoms with Crippen LogP contribution in [-0.2, 0) is 0 Å². The molecule has 5 heteroatoms. The Morgan fingerprint density at radius 1 is 0.808 bits per heavy atom. The van der Waals surface area contributed by atoms with Crippen LogP contribution in [0.1, 0.15) is 35.2 Å². The molecule has 0 fully saturated rings. The number of hydrogen-bond donors (Lipinski definition) is 0. The second-order valence-corrected chi connectivity index (χ2v) is 13.2. The van der Waals surface area contributed by atoms with Crippen molar-refractivity contribution in [1.82, 2.24) is 4.34 Å². The molecule has 0 saturated heterocycles. The Kier molecular flexibility index (Phi) is 8.00. The second-order valence-electron chi connectivity index (χ2n) is 7.12. The maximum atomic E-state index is 12.4. The van der Waals surface area contributed by atoms with E-state index in [2.05, 4.69) is 54.8 Å². The summed E-state index contributed by atoms with van der Waals surface area (Å²) < 4.78 is 2.42. The van der Waals surface area contributed by atoms with Gasteiger partial charge in [-0.05, 0) is 18.4 Å². The minimum atomic E-state index is -0.985. The molecule has 0 aromatic heterocycles. The molecule has 0 heterocycles. The van der Waals surface area contributed by atoms with E-state index in [9.17, 15) is 4.79 Å². The Balaban J connectivity index is 2.11. The summed E-state index contributed by atoms with van der Waals surface area (Å²) in [6.45, 7) is 9.33. The number of Topliss-reactive ketones (excluding diaryl/α,β-unsaturated/α-hetero) is 1. The normalized spacial score (nSPS) is 11.8. The van der Waals surface area contributed by atoms with Crippen LogP contribution in [0.25, 0.3) is 0 Å². The van der Waals surface area contributed by atoms with Crippen LogP contribution < -0.4 is 0 Å². The molecule has 0 N–H and O–H groups in total. The third-order valence-corrected chi connectivity index (χ3v) is 10.2. The van der Waals surface area contributed by atoms with Gasteiger partial charge in [0.25, 0.3) is 0 Å². The SMILES string of the molecule is C[SiH](C)N(N=C(CCCC(=O)c1ccccc1)c1ccccc1)[SiH](C)C. The highest BCUT2D eigenvalue weighted by molar-refractivity contribution is 6.69. The molecule has 0 saturated carbocycles. The minimum absolute atomic E-state index is 0.214. The van der Waals surface area contributed by atoms with E-state index in [1.807, 2.05) is 36.4 Å². The lowest BCUT2D eigenvalue weighted by Crippen LogP contribution is -2.39. The molecule has 0 aliphatic rings.